The highest BCUT2D eigenvalue weighted by Crippen LogP contribution is 2.18. The zero-order valence-electron chi connectivity index (χ0n) is 16.0. The molecule has 0 spiro atoms. The van der Waals surface area contributed by atoms with Crippen LogP contribution in [0.4, 0.5) is 0 Å². The number of amides is 1. The van der Waals surface area contributed by atoms with Crippen LogP contribution in [-0.2, 0) is 10.0 Å². The second-order valence-electron chi connectivity index (χ2n) is 6.48. The number of fused-ring (bicyclic) bond motifs is 1. The molecule has 7 nitrogen and oxygen atoms in total. The molecular weight excluding hydrogens is 376 g/mol. The second-order valence-corrected chi connectivity index (χ2v) is 8.85. The highest BCUT2D eigenvalue weighted by Gasteiger charge is 2.14. The minimum absolute atomic E-state index is 0.0778. The molecule has 2 aromatic carbocycles. The van der Waals surface area contributed by atoms with E-state index in [0.29, 0.717) is 25.1 Å². The highest BCUT2D eigenvalue weighted by molar-refractivity contribution is 7.89. The molecule has 1 heterocycles. The van der Waals surface area contributed by atoms with Crippen LogP contribution < -0.4 is 5.32 Å². The van der Waals surface area contributed by atoms with Gasteiger partial charge in [0.05, 0.1) is 16.8 Å². The molecule has 0 bridgehead atoms. The summed E-state index contributed by atoms with van der Waals surface area (Å²) in [4.78, 5) is 16.7. The van der Waals surface area contributed by atoms with Crippen LogP contribution in [0.25, 0.3) is 16.7 Å². The van der Waals surface area contributed by atoms with E-state index < -0.39 is 10.0 Å². The van der Waals surface area contributed by atoms with Gasteiger partial charge in [0.1, 0.15) is 6.33 Å². The van der Waals surface area contributed by atoms with Crippen molar-refractivity contribution in [2.75, 3.05) is 25.9 Å². The molecule has 0 fully saturated rings. The number of nitrogens with one attached hydrogen (secondary N) is 1. The molecule has 0 aliphatic rings. The van der Waals surface area contributed by atoms with Crippen molar-refractivity contribution in [2.45, 2.75) is 13.3 Å². The average Bonchev–Trinajstić information content (AvgIpc) is 3.15. The van der Waals surface area contributed by atoms with Crippen molar-refractivity contribution in [1.29, 1.82) is 0 Å². The quantitative estimate of drug-likeness (QED) is 0.589. The van der Waals surface area contributed by atoms with Crippen LogP contribution in [0.15, 0.2) is 54.9 Å². The summed E-state index contributed by atoms with van der Waals surface area (Å²) in [6, 6.07) is 15.2. The summed E-state index contributed by atoms with van der Waals surface area (Å²) in [5, 5.41) is 2.83. The number of rotatable bonds is 8. The molecule has 3 rings (SSSR count). The summed E-state index contributed by atoms with van der Waals surface area (Å²) in [6.45, 7) is 2.41. The van der Waals surface area contributed by atoms with Crippen molar-refractivity contribution in [1.82, 2.24) is 19.2 Å². The van der Waals surface area contributed by atoms with Gasteiger partial charge in [-0.2, -0.15) is 0 Å². The van der Waals surface area contributed by atoms with E-state index in [2.05, 4.69) is 10.3 Å². The Morgan fingerprint density at radius 2 is 1.86 bits per heavy atom. The van der Waals surface area contributed by atoms with Gasteiger partial charge in [-0.25, -0.2) is 17.7 Å². The standard InChI is InChI=1S/C20H24N4O3S/c1-3-28(26,27)23(2)14-6-13-21-20(25)16-9-11-17(12-10-16)24-15-22-18-7-4-5-8-19(18)24/h4-5,7-12,15H,3,6,13-14H2,1-2H3,(H,21,25). The Morgan fingerprint density at radius 3 is 2.57 bits per heavy atom. The third-order valence-electron chi connectivity index (χ3n) is 4.64. The van der Waals surface area contributed by atoms with Crippen molar-refractivity contribution in [3.63, 3.8) is 0 Å². The number of imidazole rings is 1. The third-order valence-corrected chi connectivity index (χ3v) is 6.50. The number of aromatic nitrogens is 2. The molecule has 0 radical (unpaired) electrons. The summed E-state index contributed by atoms with van der Waals surface area (Å²) < 4.78 is 26.7. The highest BCUT2D eigenvalue weighted by atomic mass is 32.2. The van der Waals surface area contributed by atoms with Crippen LogP contribution in [0.2, 0.25) is 0 Å². The number of hydrogen-bond acceptors (Lipinski definition) is 4. The SMILES string of the molecule is CCS(=O)(=O)N(C)CCCNC(=O)c1ccc(-n2cnc3ccccc32)cc1. The maximum Gasteiger partial charge on any atom is 0.251 e. The van der Waals surface area contributed by atoms with E-state index >= 15 is 0 Å². The monoisotopic (exact) mass is 400 g/mol. The number of para-hydroxylation sites is 2. The number of benzene rings is 2. The van der Waals surface area contributed by atoms with Crippen LogP contribution in [0.1, 0.15) is 23.7 Å². The van der Waals surface area contributed by atoms with Gasteiger partial charge < -0.3 is 5.32 Å². The third kappa shape index (κ3) is 4.40. The van der Waals surface area contributed by atoms with Gasteiger partial charge in [0.25, 0.3) is 5.91 Å². The first-order chi connectivity index (χ1) is 13.4. The normalized spacial score (nSPS) is 11.8. The smallest absolute Gasteiger partial charge is 0.251 e. The number of sulfonamides is 1. The molecule has 0 saturated heterocycles. The second kappa shape index (κ2) is 8.53. The lowest BCUT2D eigenvalue weighted by molar-refractivity contribution is 0.0953. The Hall–Kier alpha value is -2.71. The van der Waals surface area contributed by atoms with Gasteiger partial charge in [0.2, 0.25) is 10.0 Å². The van der Waals surface area contributed by atoms with E-state index in [0.717, 1.165) is 16.7 Å². The lowest BCUT2D eigenvalue weighted by Gasteiger charge is -2.15. The molecule has 28 heavy (non-hydrogen) atoms. The molecule has 0 unspecified atom stereocenters. The average molecular weight is 401 g/mol. The molecule has 3 aromatic rings. The topological polar surface area (TPSA) is 84.3 Å². The molecule has 8 heteroatoms. The zero-order valence-corrected chi connectivity index (χ0v) is 16.8. The van der Waals surface area contributed by atoms with Gasteiger partial charge in [0.15, 0.2) is 0 Å². The number of carbonyl (C=O) groups excluding carboxylic acids is 1. The number of hydrogen-bond donors (Lipinski definition) is 1. The first-order valence-corrected chi connectivity index (χ1v) is 10.8. The lowest BCUT2D eigenvalue weighted by atomic mass is 10.2. The van der Waals surface area contributed by atoms with Gasteiger partial charge >= 0.3 is 0 Å². The van der Waals surface area contributed by atoms with E-state index in [-0.39, 0.29) is 11.7 Å². The molecule has 0 atom stereocenters. The van der Waals surface area contributed by atoms with Crippen molar-refractivity contribution >= 4 is 27.0 Å². The van der Waals surface area contributed by atoms with Gasteiger partial charge in [-0.05, 0) is 49.7 Å². The van der Waals surface area contributed by atoms with E-state index in [9.17, 15) is 13.2 Å². The summed E-state index contributed by atoms with van der Waals surface area (Å²) in [7, 11) is -1.63. The molecular formula is C20H24N4O3S. The van der Waals surface area contributed by atoms with Crippen LogP contribution in [0.3, 0.4) is 0 Å². The number of nitrogens with zero attached hydrogens (tertiary/aromatic N) is 3. The van der Waals surface area contributed by atoms with Crippen LogP contribution >= 0.6 is 0 Å². The first kappa shape index (κ1) is 20.0. The van der Waals surface area contributed by atoms with E-state index in [1.54, 1.807) is 32.4 Å². The first-order valence-electron chi connectivity index (χ1n) is 9.17. The maximum absolute atomic E-state index is 12.3. The minimum Gasteiger partial charge on any atom is -0.352 e. The van der Waals surface area contributed by atoms with Crippen LogP contribution in [-0.4, -0.2) is 54.1 Å². The van der Waals surface area contributed by atoms with E-state index in [4.69, 9.17) is 0 Å². The number of carbonyl (C=O) groups is 1. The van der Waals surface area contributed by atoms with Crippen molar-refractivity contribution in [3.05, 3.63) is 60.4 Å². The predicted octanol–water partition coefficient (Wildman–Crippen LogP) is 2.43. The Labute approximate surface area is 165 Å². The van der Waals surface area contributed by atoms with Gasteiger partial charge in [0, 0.05) is 31.4 Å². The van der Waals surface area contributed by atoms with Gasteiger partial charge in [-0.3, -0.25) is 9.36 Å². The summed E-state index contributed by atoms with van der Waals surface area (Å²) >= 11 is 0. The zero-order chi connectivity index (χ0) is 20.1. The fourth-order valence-corrected chi connectivity index (χ4v) is 3.75. The Bertz CT molecular complexity index is 1060. The fourth-order valence-electron chi connectivity index (χ4n) is 2.90. The Kier molecular flexibility index (Phi) is 6.11. The lowest BCUT2D eigenvalue weighted by Crippen LogP contribution is -2.32. The molecule has 148 valence electrons. The minimum atomic E-state index is -3.18. The van der Waals surface area contributed by atoms with E-state index in [1.807, 2.05) is 41.0 Å². The summed E-state index contributed by atoms with van der Waals surface area (Å²) in [6.07, 6.45) is 2.32. The molecule has 1 aromatic heterocycles. The Morgan fingerprint density at radius 1 is 1.14 bits per heavy atom. The molecule has 0 aliphatic heterocycles. The Balaban J connectivity index is 1.57. The maximum atomic E-state index is 12.3. The van der Waals surface area contributed by atoms with E-state index in [1.165, 1.54) is 4.31 Å². The fraction of sp³-hybridized carbons (Fsp3) is 0.300. The van der Waals surface area contributed by atoms with Crippen molar-refractivity contribution in [3.8, 4) is 5.69 Å². The van der Waals surface area contributed by atoms with Crippen LogP contribution in [0, 0.1) is 0 Å². The van der Waals surface area contributed by atoms with Gasteiger partial charge in [-0.1, -0.05) is 12.1 Å². The largest absolute Gasteiger partial charge is 0.352 e. The molecule has 1 N–H and O–H groups in total. The van der Waals surface area contributed by atoms with Crippen molar-refractivity contribution < 1.29 is 13.2 Å². The molecule has 0 aliphatic carbocycles. The predicted molar refractivity (Wildman–Crippen MR) is 110 cm³/mol. The van der Waals surface area contributed by atoms with Crippen molar-refractivity contribution in [2.24, 2.45) is 0 Å². The molecule has 0 saturated carbocycles. The summed E-state index contributed by atoms with van der Waals surface area (Å²) in [5.74, 6) is -0.1000. The van der Waals surface area contributed by atoms with Crippen LogP contribution in [0.5, 0.6) is 0 Å². The molecule has 1 amide bonds. The van der Waals surface area contributed by atoms with Gasteiger partial charge in [-0.15, -0.1) is 0 Å². The summed E-state index contributed by atoms with van der Waals surface area (Å²) in [5.41, 5.74) is 3.41.